The Balaban J connectivity index is 2.09. The fraction of sp³-hybridized carbons (Fsp3) is 0.294. The van der Waals surface area contributed by atoms with Gasteiger partial charge in [0.15, 0.2) is 0 Å². The highest BCUT2D eigenvalue weighted by Gasteiger charge is 2.20. The maximum atomic E-state index is 12.4. The minimum absolute atomic E-state index is 0.336. The van der Waals surface area contributed by atoms with Crippen molar-refractivity contribution in [1.82, 2.24) is 9.62 Å². The van der Waals surface area contributed by atoms with Crippen molar-refractivity contribution in [1.29, 1.82) is 0 Å². The van der Waals surface area contributed by atoms with Crippen LogP contribution in [0, 0.1) is 0 Å². The highest BCUT2D eigenvalue weighted by molar-refractivity contribution is 7.89. The van der Waals surface area contributed by atoms with Crippen molar-refractivity contribution in [3.63, 3.8) is 0 Å². The molecule has 0 heterocycles. The summed E-state index contributed by atoms with van der Waals surface area (Å²) < 4.78 is 31.1. The minimum Gasteiger partial charge on any atom is -0.497 e. The number of benzene rings is 2. The Morgan fingerprint density at radius 3 is 2.48 bits per heavy atom. The molecule has 0 aliphatic carbocycles. The SMILES string of the molecule is COc1cccc(CNCc2ccccc2S(=O)(=O)N(C)C)c1. The van der Waals surface area contributed by atoms with Gasteiger partial charge in [-0.2, -0.15) is 0 Å². The van der Waals surface area contributed by atoms with Crippen LogP contribution in [0.3, 0.4) is 0 Å². The number of rotatable bonds is 7. The monoisotopic (exact) mass is 334 g/mol. The molecule has 2 aromatic rings. The average molecular weight is 334 g/mol. The summed E-state index contributed by atoms with van der Waals surface area (Å²) in [6, 6.07) is 14.8. The van der Waals surface area contributed by atoms with Crippen LogP contribution in [0.15, 0.2) is 53.4 Å². The third-order valence-electron chi connectivity index (χ3n) is 3.51. The molecule has 1 N–H and O–H groups in total. The molecule has 0 aromatic heterocycles. The second-order valence-electron chi connectivity index (χ2n) is 5.35. The number of nitrogens with zero attached hydrogens (tertiary/aromatic N) is 1. The van der Waals surface area contributed by atoms with Crippen molar-refractivity contribution in [3.05, 3.63) is 59.7 Å². The van der Waals surface area contributed by atoms with Gasteiger partial charge in [0.2, 0.25) is 10.0 Å². The zero-order valence-electron chi connectivity index (χ0n) is 13.6. The maximum absolute atomic E-state index is 12.4. The number of hydrogen-bond donors (Lipinski definition) is 1. The summed E-state index contributed by atoms with van der Waals surface area (Å²) in [4.78, 5) is 0.336. The van der Waals surface area contributed by atoms with Crippen LogP contribution in [-0.4, -0.2) is 33.9 Å². The Labute approximate surface area is 137 Å². The van der Waals surface area contributed by atoms with Crippen molar-refractivity contribution in [3.8, 4) is 5.75 Å². The molecule has 0 fully saturated rings. The lowest BCUT2D eigenvalue weighted by molar-refractivity contribution is 0.414. The number of ether oxygens (including phenoxy) is 1. The Bertz CT molecular complexity index is 758. The molecule has 0 spiro atoms. The van der Waals surface area contributed by atoms with Crippen LogP contribution in [0.4, 0.5) is 0 Å². The highest BCUT2D eigenvalue weighted by Crippen LogP contribution is 2.18. The molecular weight excluding hydrogens is 312 g/mol. The van der Waals surface area contributed by atoms with E-state index in [1.165, 1.54) is 18.4 Å². The van der Waals surface area contributed by atoms with Gasteiger partial charge in [-0.05, 0) is 29.3 Å². The third kappa shape index (κ3) is 4.31. The van der Waals surface area contributed by atoms with E-state index in [0.29, 0.717) is 18.0 Å². The van der Waals surface area contributed by atoms with E-state index in [0.717, 1.165) is 16.9 Å². The summed E-state index contributed by atoms with van der Waals surface area (Å²) in [5.74, 6) is 0.805. The summed E-state index contributed by atoms with van der Waals surface area (Å²) in [5.41, 5.74) is 1.83. The number of hydrogen-bond acceptors (Lipinski definition) is 4. The van der Waals surface area contributed by atoms with Crippen LogP contribution in [0.2, 0.25) is 0 Å². The molecule has 0 saturated heterocycles. The molecule has 0 bridgehead atoms. The van der Waals surface area contributed by atoms with E-state index >= 15 is 0 Å². The Morgan fingerprint density at radius 2 is 1.78 bits per heavy atom. The van der Waals surface area contributed by atoms with Gasteiger partial charge in [0.1, 0.15) is 5.75 Å². The van der Waals surface area contributed by atoms with E-state index in [1.807, 2.05) is 36.4 Å². The molecule has 124 valence electrons. The van der Waals surface area contributed by atoms with Crippen molar-refractivity contribution in [2.24, 2.45) is 0 Å². The van der Waals surface area contributed by atoms with Crippen LogP contribution in [0.1, 0.15) is 11.1 Å². The quantitative estimate of drug-likeness (QED) is 0.844. The first-order valence-corrected chi connectivity index (χ1v) is 8.73. The fourth-order valence-corrected chi connectivity index (χ4v) is 3.34. The first kappa shape index (κ1) is 17.5. The number of sulfonamides is 1. The van der Waals surface area contributed by atoms with E-state index < -0.39 is 10.0 Å². The average Bonchev–Trinajstić information content (AvgIpc) is 2.55. The van der Waals surface area contributed by atoms with Gasteiger partial charge in [-0.25, -0.2) is 12.7 Å². The van der Waals surface area contributed by atoms with Crippen molar-refractivity contribution < 1.29 is 13.2 Å². The Kier molecular flexibility index (Phi) is 5.76. The first-order chi connectivity index (χ1) is 10.9. The molecule has 0 aliphatic rings. The highest BCUT2D eigenvalue weighted by atomic mass is 32.2. The van der Waals surface area contributed by atoms with Gasteiger partial charge in [0, 0.05) is 27.2 Å². The molecule has 0 unspecified atom stereocenters. The molecule has 0 aliphatic heterocycles. The minimum atomic E-state index is -3.44. The first-order valence-electron chi connectivity index (χ1n) is 7.29. The maximum Gasteiger partial charge on any atom is 0.242 e. The normalized spacial score (nSPS) is 11.7. The van der Waals surface area contributed by atoms with Crippen LogP contribution in [0.5, 0.6) is 5.75 Å². The lowest BCUT2D eigenvalue weighted by atomic mass is 10.2. The molecule has 0 amide bonds. The fourth-order valence-electron chi connectivity index (χ4n) is 2.22. The number of nitrogens with one attached hydrogen (secondary N) is 1. The van der Waals surface area contributed by atoms with E-state index in [2.05, 4.69) is 5.32 Å². The zero-order valence-corrected chi connectivity index (χ0v) is 14.4. The van der Waals surface area contributed by atoms with Crippen LogP contribution in [-0.2, 0) is 23.1 Å². The summed E-state index contributed by atoms with van der Waals surface area (Å²) >= 11 is 0. The lowest BCUT2D eigenvalue weighted by Crippen LogP contribution is -2.24. The molecule has 0 atom stereocenters. The predicted octanol–water partition coefficient (Wildman–Crippen LogP) is 2.24. The molecule has 0 radical (unpaired) electrons. The van der Waals surface area contributed by atoms with Crippen molar-refractivity contribution >= 4 is 10.0 Å². The molecule has 2 rings (SSSR count). The topological polar surface area (TPSA) is 58.6 Å². The lowest BCUT2D eigenvalue weighted by Gasteiger charge is -2.15. The van der Waals surface area contributed by atoms with Gasteiger partial charge in [-0.15, -0.1) is 0 Å². The van der Waals surface area contributed by atoms with Gasteiger partial charge in [-0.1, -0.05) is 30.3 Å². The van der Waals surface area contributed by atoms with Crippen molar-refractivity contribution in [2.45, 2.75) is 18.0 Å². The molecule has 6 heteroatoms. The molecule has 0 saturated carbocycles. The van der Waals surface area contributed by atoms with Crippen LogP contribution < -0.4 is 10.1 Å². The number of methoxy groups -OCH3 is 1. The summed E-state index contributed by atoms with van der Waals surface area (Å²) in [7, 11) is 1.27. The summed E-state index contributed by atoms with van der Waals surface area (Å²) in [6.45, 7) is 1.11. The second-order valence-corrected chi connectivity index (χ2v) is 7.47. The standard InChI is InChI=1S/C17H22N2O3S/c1-19(2)23(20,21)17-10-5-4-8-15(17)13-18-12-14-7-6-9-16(11-14)22-3/h4-11,18H,12-13H2,1-3H3. The Morgan fingerprint density at radius 1 is 1.04 bits per heavy atom. The zero-order chi connectivity index (χ0) is 16.9. The van der Waals surface area contributed by atoms with E-state index in [1.54, 1.807) is 19.2 Å². The van der Waals surface area contributed by atoms with E-state index in [4.69, 9.17) is 4.74 Å². The van der Waals surface area contributed by atoms with Gasteiger partial charge in [0.05, 0.1) is 12.0 Å². The molecule has 23 heavy (non-hydrogen) atoms. The van der Waals surface area contributed by atoms with Gasteiger partial charge in [-0.3, -0.25) is 0 Å². The molecule has 2 aromatic carbocycles. The van der Waals surface area contributed by atoms with Gasteiger partial charge < -0.3 is 10.1 Å². The Hall–Kier alpha value is -1.89. The van der Waals surface area contributed by atoms with Gasteiger partial charge >= 0.3 is 0 Å². The van der Waals surface area contributed by atoms with Crippen LogP contribution >= 0.6 is 0 Å². The second kappa shape index (κ2) is 7.59. The third-order valence-corrected chi connectivity index (χ3v) is 5.43. The van der Waals surface area contributed by atoms with E-state index in [-0.39, 0.29) is 0 Å². The van der Waals surface area contributed by atoms with Gasteiger partial charge in [0.25, 0.3) is 0 Å². The predicted molar refractivity (Wildman–Crippen MR) is 90.9 cm³/mol. The van der Waals surface area contributed by atoms with E-state index in [9.17, 15) is 8.42 Å². The van der Waals surface area contributed by atoms with Crippen LogP contribution in [0.25, 0.3) is 0 Å². The largest absolute Gasteiger partial charge is 0.497 e. The smallest absolute Gasteiger partial charge is 0.242 e. The summed E-state index contributed by atoms with van der Waals surface area (Å²) in [6.07, 6.45) is 0. The molecular formula is C17H22N2O3S. The van der Waals surface area contributed by atoms with Crippen molar-refractivity contribution in [2.75, 3.05) is 21.2 Å². The molecule has 5 nitrogen and oxygen atoms in total. The summed E-state index contributed by atoms with van der Waals surface area (Å²) in [5, 5.41) is 3.28.